The quantitative estimate of drug-likeness (QED) is 0.833. The minimum Gasteiger partial charge on any atom is -0.383 e. The SMILES string of the molecule is COCCN1CCCC2(CCCN2Cc2cccc(C)n2)C1=O. The zero-order chi connectivity index (χ0) is 16.3. The summed E-state index contributed by atoms with van der Waals surface area (Å²) in [6.45, 7) is 5.95. The molecule has 0 bridgehead atoms. The van der Waals surface area contributed by atoms with Gasteiger partial charge in [0.05, 0.1) is 12.3 Å². The van der Waals surface area contributed by atoms with E-state index in [9.17, 15) is 4.79 Å². The molecule has 3 heterocycles. The number of hydrogen-bond donors (Lipinski definition) is 0. The number of nitrogens with zero attached hydrogens (tertiary/aromatic N) is 3. The summed E-state index contributed by atoms with van der Waals surface area (Å²) in [5.41, 5.74) is 1.79. The molecule has 2 aliphatic rings. The predicted octanol–water partition coefficient (Wildman–Crippen LogP) is 1.99. The molecule has 2 saturated heterocycles. The molecule has 0 N–H and O–H groups in total. The zero-order valence-corrected chi connectivity index (χ0v) is 14.3. The van der Waals surface area contributed by atoms with Gasteiger partial charge in [0, 0.05) is 32.4 Å². The third-order valence-electron chi connectivity index (χ3n) is 5.19. The summed E-state index contributed by atoms with van der Waals surface area (Å²) in [6, 6.07) is 6.13. The van der Waals surface area contributed by atoms with Crippen molar-refractivity contribution in [3.05, 3.63) is 29.6 Å². The lowest BCUT2D eigenvalue weighted by Crippen LogP contribution is -2.60. The van der Waals surface area contributed by atoms with Crippen LogP contribution in [0.15, 0.2) is 18.2 Å². The first-order valence-corrected chi connectivity index (χ1v) is 8.62. The van der Waals surface area contributed by atoms with Crippen molar-refractivity contribution in [3.63, 3.8) is 0 Å². The Morgan fingerprint density at radius 2 is 2.04 bits per heavy atom. The number of carbonyl (C=O) groups excluding carboxylic acids is 1. The van der Waals surface area contributed by atoms with Crippen LogP contribution in [0, 0.1) is 6.92 Å². The van der Waals surface area contributed by atoms with E-state index in [-0.39, 0.29) is 5.54 Å². The number of amides is 1. The van der Waals surface area contributed by atoms with Gasteiger partial charge in [-0.05, 0) is 51.3 Å². The minimum atomic E-state index is -0.308. The van der Waals surface area contributed by atoms with Gasteiger partial charge >= 0.3 is 0 Å². The Labute approximate surface area is 138 Å². The lowest BCUT2D eigenvalue weighted by Gasteiger charge is -2.44. The molecule has 5 heteroatoms. The maximum absolute atomic E-state index is 13.1. The number of aryl methyl sites for hydroxylation is 1. The van der Waals surface area contributed by atoms with Gasteiger partial charge in [0.25, 0.3) is 0 Å². The van der Waals surface area contributed by atoms with E-state index in [1.807, 2.05) is 24.0 Å². The maximum Gasteiger partial charge on any atom is 0.243 e. The maximum atomic E-state index is 13.1. The largest absolute Gasteiger partial charge is 0.383 e. The van der Waals surface area contributed by atoms with Crippen molar-refractivity contribution in [1.29, 1.82) is 0 Å². The van der Waals surface area contributed by atoms with Gasteiger partial charge < -0.3 is 9.64 Å². The molecule has 2 fully saturated rings. The summed E-state index contributed by atoms with van der Waals surface area (Å²) < 4.78 is 5.16. The molecular weight excluding hydrogens is 290 g/mol. The van der Waals surface area contributed by atoms with Crippen LogP contribution in [0.4, 0.5) is 0 Å². The van der Waals surface area contributed by atoms with Crippen LogP contribution in [-0.2, 0) is 16.1 Å². The molecule has 0 aliphatic carbocycles. The first-order valence-electron chi connectivity index (χ1n) is 8.62. The number of aromatic nitrogens is 1. The number of likely N-dealkylation sites (tertiary alicyclic amines) is 2. The lowest BCUT2D eigenvalue weighted by molar-refractivity contribution is -0.148. The van der Waals surface area contributed by atoms with Crippen LogP contribution < -0.4 is 0 Å². The molecule has 2 aliphatic heterocycles. The highest BCUT2D eigenvalue weighted by molar-refractivity contribution is 5.87. The van der Waals surface area contributed by atoms with Crippen molar-refractivity contribution >= 4 is 5.91 Å². The van der Waals surface area contributed by atoms with Gasteiger partial charge in [0.1, 0.15) is 5.54 Å². The fourth-order valence-corrected chi connectivity index (χ4v) is 4.05. The van der Waals surface area contributed by atoms with Crippen molar-refractivity contribution in [2.24, 2.45) is 0 Å². The van der Waals surface area contributed by atoms with E-state index in [2.05, 4.69) is 16.0 Å². The zero-order valence-electron chi connectivity index (χ0n) is 14.3. The average Bonchev–Trinajstić information content (AvgIpc) is 2.92. The Bertz CT molecular complexity index is 563. The summed E-state index contributed by atoms with van der Waals surface area (Å²) in [4.78, 5) is 22.1. The number of carbonyl (C=O) groups is 1. The van der Waals surface area contributed by atoms with E-state index < -0.39 is 0 Å². The van der Waals surface area contributed by atoms with E-state index >= 15 is 0 Å². The Hall–Kier alpha value is -1.46. The van der Waals surface area contributed by atoms with Crippen LogP contribution in [0.25, 0.3) is 0 Å². The molecule has 23 heavy (non-hydrogen) atoms. The van der Waals surface area contributed by atoms with Gasteiger partial charge in [-0.25, -0.2) is 0 Å². The van der Waals surface area contributed by atoms with Crippen LogP contribution in [0.3, 0.4) is 0 Å². The number of ether oxygens (including phenoxy) is 1. The lowest BCUT2D eigenvalue weighted by atomic mass is 9.85. The molecule has 1 amide bonds. The molecule has 0 radical (unpaired) electrons. The van der Waals surface area contributed by atoms with Crippen molar-refractivity contribution in [2.45, 2.75) is 44.7 Å². The number of pyridine rings is 1. The van der Waals surface area contributed by atoms with E-state index in [1.54, 1.807) is 7.11 Å². The van der Waals surface area contributed by atoms with Crippen LogP contribution >= 0.6 is 0 Å². The number of hydrogen-bond acceptors (Lipinski definition) is 4. The van der Waals surface area contributed by atoms with E-state index in [0.29, 0.717) is 19.1 Å². The highest BCUT2D eigenvalue weighted by Crippen LogP contribution is 2.38. The van der Waals surface area contributed by atoms with Crippen LogP contribution in [0.5, 0.6) is 0 Å². The topological polar surface area (TPSA) is 45.7 Å². The highest BCUT2D eigenvalue weighted by atomic mass is 16.5. The molecule has 0 saturated carbocycles. The molecule has 1 aromatic rings. The van der Waals surface area contributed by atoms with Gasteiger partial charge in [-0.3, -0.25) is 14.7 Å². The molecule has 1 atom stereocenters. The fraction of sp³-hybridized carbons (Fsp3) is 0.667. The molecule has 3 rings (SSSR count). The second-order valence-corrected chi connectivity index (χ2v) is 6.72. The Morgan fingerprint density at radius 3 is 2.78 bits per heavy atom. The van der Waals surface area contributed by atoms with Gasteiger partial charge in [-0.1, -0.05) is 6.07 Å². The number of piperidine rings is 1. The predicted molar refractivity (Wildman–Crippen MR) is 89.0 cm³/mol. The van der Waals surface area contributed by atoms with E-state index in [0.717, 1.165) is 56.7 Å². The summed E-state index contributed by atoms with van der Waals surface area (Å²) in [7, 11) is 1.69. The first kappa shape index (κ1) is 16.4. The van der Waals surface area contributed by atoms with Crippen LogP contribution in [0.1, 0.15) is 37.1 Å². The molecule has 1 aromatic heterocycles. The minimum absolute atomic E-state index is 0.297. The van der Waals surface area contributed by atoms with Crippen LogP contribution in [0.2, 0.25) is 0 Å². The van der Waals surface area contributed by atoms with Crippen molar-refractivity contribution in [3.8, 4) is 0 Å². The molecule has 0 aromatic carbocycles. The molecule has 1 unspecified atom stereocenters. The van der Waals surface area contributed by atoms with E-state index in [4.69, 9.17) is 4.74 Å². The normalized spacial score (nSPS) is 25.5. The number of methoxy groups -OCH3 is 1. The molecular formula is C18H27N3O2. The van der Waals surface area contributed by atoms with Crippen molar-refractivity contribution in [2.75, 3.05) is 33.4 Å². The standard InChI is InChI=1S/C18H27N3O2/c1-15-6-3-7-16(19-15)14-21-11-5-9-18(21)8-4-10-20(17(18)22)12-13-23-2/h3,6-7H,4-5,8-14H2,1-2H3. The highest BCUT2D eigenvalue weighted by Gasteiger charge is 2.50. The second-order valence-electron chi connectivity index (χ2n) is 6.72. The third-order valence-corrected chi connectivity index (χ3v) is 5.19. The van der Waals surface area contributed by atoms with Gasteiger partial charge in [0.2, 0.25) is 5.91 Å². The summed E-state index contributed by atoms with van der Waals surface area (Å²) >= 11 is 0. The summed E-state index contributed by atoms with van der Waals surface area (Å²) in [5.74, 6) is 0.297. The fourth-order valence-electron chi connectivity index (χ4n) is 4.05. The third kappa shape index (κ3) is 3.26. The van der Waals surface area contributed by atoms with Gasteiger partial charge in [-0.15, -0.1) is 0 Å². The molecule has 1 spiro atoms. The van der Waals surface area contributed by atoms with Gasteiger partial charge in [-0.2, -0.15) is 0 Å². The second kappa shape index (κ2) is 6.97. The first-order chi connectivity index (χ1) is 11.2. The van der Waals surface area contributed by atoms with Gasteiger partial charge in [0.15, 0.2) is 0 Å². The smallest absolute Gasteiger partial charge is 0.243 e. The average molecular weight is 317 g/mol. The van der Waals surface area contributed by atoms with E-state index in [1.165, 1.54) is 0 Å². The summed E-state index contributed by atoms with van der Waals surface area (Å²) in [6.07, 6.45) is 4.12. The Morgan fingerprint density at radius 1 is 1.26 bits per heavy atom. The monoisotopic (exact) mass is 317 g/mol. The summed E-state index contributed by atoms with van der Waals surface area (Å²) in [5, 5.41) is 0. The van der Waals surface area contributed by atoms with Crippen molar-refractivity contribution in [1.82, 2.24) is 14.8 Å². The number of rotatable bonds is 5. The Balaban J connectivity index is 1.77. The Kier molecular flexibility index (Phi) is 4.97. The molecule has 5 nitrogen and oxygen atoms in total. The molecule has 126 valence electrons. The van der Waals surface area contributed by atoms with Crippen LogP contribution in [-0.4, -0.2) is 59.6 Å². The van der Waals surface area contributed by atoms with Crippen molar-refractivity contribution < 1.29 is 9.53 Å².